The number of aryl methyl sites for hydroxylation is 2. The van der Waals surface area contributed by atoms with Crippen LogP contribution in [0.2, 0.25) is 0 Å². The van der Waals surface area contributed by atoms with Gasteiger partial charge < -0.3 is 25.1 Å². The number of aromatic nitrogens is 2. The Labute approximate surface area is 174 Å². The Morgan fingerprint density at radius 2 is 1.80 bits per heavy atom. The van der Waals surface area contributed by atoms with Crippen LogP contribution in [-0.4, -0.2) is 35.3 Å². The van der Waals surface area contributed by atoms with Gasteiger partial charge in [-0.15, -0.1) is 0 Å². The van der Waals surface area contributed by atoms with E-state index in [1.165, 1.54) is 6.33 Å². The molecule has 0 aliphatic carbocycles. The number of imidazole rings is 1. The van der Waals surface area contributed by atoms with Gasteiger partial charge in [0.1, 0.15) is 5.75 Å². The summed E-state index contributed by atoms with van der Waals surface area (Å²) < 4.78 is 12.1. The summed E-state index contributed by atoms with van der Waals surface area (Å²) in [6.45, 7) is 4.22. The molecule has 0 saturated heterocycles. The van der Waals surface area contributed by atoms with Crippen molar-refractivity contribution in [1.29, 1.82) is 0 Å². The van der Waals surface area contributed by atoms with Gasteiger partial charge in [0.15, 0.2) is 18.3 Å². The molecule has 0 atom stereocenters. The number of nitrogens with two attached hydrogens (primary N) is 1. The van der Waals surface area contributed by atoms with Crippen LogP contribution in [-0.2, 0) is 11.3 Å². The zero-order valence-electron chi connectivity index (χ0n) is 17.1. The molecule has 30 heavy (non-hydrogen) atoms. The Bertz CT molecular complexity index is 1040. The average Bonchev–Trinajstić information content (AvgIpc) is 3.10. The van der Waals surface area contributed by atoms with Crippen LogP contribution in [0, 0.1) is 13.8 Å². The fourth-order valence-electron chi connectivity index (χ4n) is 3.24. The van der Waals surface area contributed by atoms with Crippen LogP contribution >= 0.6 is 0 Å². The molecule has 156 valence electrons. The number of carbonyl (C=O) groups is 2. The monoisotopic (exact) mass is 408 g/mol. The van der Waals surface area contributed by atoms with E-state index in [9.17, 15) is 9.59 Å². The quantitative estimate of drug-likeness (QED) is 0.557. The lowest BCUT2D eigenvalue weighted by Gasteiger charge is -2.13. The zero-order chi connectivity index (χ0) is 21.7. The molecule has 2 aromatic carbocycles. The first-order valence-corrected chi connectivity index (χ1v) is 9.34. The van der Waals surface area contributed by atoms with E-state index in [0.717, 1.165) is 16.7 Å². The molecule has 2 amide bonds. The van der Waals surface area contributed by atoms with Gasteiger partial charge in [0.2, 0.25) is 0 Å². The summed E-state index contributed by atoms with van der Waals surface area (Å²) in [5.74, 6) is -0.279. The molecule has 0 unspecified atom stereocenters. The average molecular weight is 408 g/mol. The molecule has 1 heterocycles. The number of primary amides is 1. The summed E-state index contributed by atoms with van der Waals surface area (Å²) in [4.78, 5) is 29.0. The van der Waals surface area contributed by atoms with E-state index in [4.69, 9.17) is 15.2 Å². The highest BCUT2D eigenvalue weighted by Gasteiger charge is 2.20. The Morgan fingerprint density at radius 3 is 2.40 bits per heavy atom. The molecule has 0 radical (unpaired) electrons. The molecule has 0 fully saturated rings. The first-order valence-electron chi connectivity index (χ1n) is 9.34. The number of amides is 2. The number of hydrogen-bond donors (Lipinski definition) is 2. The van der Waals surface area contributed by atoms with E-state index < -0.39 is 11.8 Å². The van der Waals surface area contributed by atoms with E-state index >= 15 is 0 Å². The van der Waals surface area contributed by atoms with E-state index in [1.807, 2.05) is 44.2 Å². The lowest BCUT2D eigenvalue weighted by Crippen LogP contribution is -2.21. The van der Waals surface area contributed by atoms with E-state index in [0.29, 0.717) is 17.9 Å². The summed E-state index contributed by atoms with van der Waals surface area (Å²) >= 11 is 0. The normalized spacial score (nSPS) is 10.6. The Hall–Kier alpha value is -3.65. The van der Waals surface area contributed by atoms with Crippen molar-refractivity contribution in [3.63, 3.8) is 0 Å². The lowest BCUT2D eigenvalue weighted by atomic mass is 10.1. The number of carbonyl (C=O) groups excluding carboxylic acids is 2. The molecule has 1 aromatic heterocycles. The highest BCUT2D eigenvalue weighted by atomic mass is 16.7. The van der Waals surface area contributed by atoms with Crippen molar-refractivity contribution in [3.05, 3.63) is 76.7 Å². The third kappa shape index (κ3) is 4.66. The van der Waals surface area contributed by atoms with Crippen molar-refractivity contribution >= 4 is 17.6 Å². The number of nitrogens with one attached hydrogen (secondary N) is 1. The second kappa shape index (κ2) is 9.23. The van der Waals surface area contributed by atoms with Crippen LogP contribution in [0.15, 0.2) is 48.8 Å². The van der Waals surface area contributed by atoms with E-state index in [1.54, 1.807) is 23.8 Å². The summed E-state index contributed by atoms with van der Waals surface area (Å²) in [6, 6.07) is 13.0. The summed E-state index contributed by atoms with van der Waals surface area (Å²) in [6.07, 6.45) is 1.49. The Morgan fingerprint density at radius 1 is 1.13 bits per heavy atom. The number of hydrogen-bond acceptors (Lipinski definition) is 5. The fourth-order valence-corrected chi connectivity index (χ4v) is 3.24. The second-order valence-electron chi connectivity index (χ2n) is 6.86. The van der Waals surface area contributed by atoms with Crippen molar-refractivity contribution in [3.8, 4) is 5.75 Å². The molecule has 8 nitrogen and oxygen atoms in total. The van der Waals surface area contributed by atoms with E-state index in [-0.39, 0.29) is 18.3 Å². The third-order valence-electron chi connectivity index (χ3n) is 4.54. The minimum atomic E-state index is -0.672. The lowest BCUT2D eigenvalue weighted by molar-refractivity contribution is 0.0501. The fraction of sp³-hybridized carbons (Fsp3) is 0.227. The molecular weight excluding hydrogens is 384 g/mol. The van der Waals surface area contributed by atoms with Crippen molar-refractivity contribution in [2.75, 3.05) is 19.2 Å². The van der Waals surface area contributed by atoms with Crippen LogP contribution in [0.1, 0.15) is 37.5 Å². The van der Waals surface area contributed by atoms with Gasteiger partial charge in [-0.05, 0) is 42.7 Å². The first kappa shape index (κ1) is 21.1. The predicted octanol–water partition coefficient (Wildman–Crippen LogP) is 2.88. The third-order valence-corrected chi connectivity index (χ3v) is 4.54. The van der Waals surface area contributed by atoms with Gasteiger partial charge in [-0.1, -0.05) is 30.3 Å². The van der Waals surface area contributed by atoms with Crippen LogP contribution < -0.4 is 15.8 Å². The Kier molecular flexibility index (Phi) is 6.48. The van der Waals surface area contributed by atoms with Gasteiger partial charge in [-0.25, -0.2) is 4.98 Å². The minimum Gasteiger partial charge on any atom is -0.467 e. The molecule has 3 aromatic rings. The number of anilines is 1. The van der Waals surface area contributed by atoms with Gasteiger partial charge in [-0.3, -0.25) is 9.59 Å². The highest BCUT2D eigenvalue weighted by molar-refractivity contribution is 6.07. The van der Waals surface area contributed by atoms with Crippen molar-refractivity contribution < 1.29 is 19.1 Å². The maximum absolute atomic E-state index is 12.8. The number of rotatable bonds is 8. The van der Waals surface area contributed by atoms with Gasteiger partial charge in [-0.2, -0.15) is 0 Å². The number of benzene rings is 2. The van der Waals surface area contributed by atoms with E-state index in [2.05, 4.69) is 10.3 Å². The maximum Gasteiger partial charge on any atom is 0.269 e. The predicted molar refractivity (Wildman–Crippen MR) is 113 cm³/mol. The standard InChI is InChI=1S/C22H24N4O4/c1-14-9-17(10-15(2)19(14)30-13-29-3)22(28)25-21-18(20(23)27)26(12-24-21)11-16-7-5-4-6-8-16/h4-10,12H,11,13H2,1-3H3,(H2,23,27)(H,25,28). The SMILES string of the molecule is COCOc1c(C)cc(C(=O)Nc2ncn(Cc3ccccc3)c2C(N)=O)cc1C. The van der Waals surface area contributed by atoms with Gasteiger partial charge in [0, 0.05) is 19.2 Å². The summed E-state index contributed by atoms with van der Waals surface area (Å²) in [5, 5.41) is 2.69. The topological polar surface area (TPSA) is 108 Å². The van der Waals surface area contributed by atoms with Gasteiger partial charge >= 0.3 is 0 Å². The molecular formula is C22H24N4O4. The van der Waals surface area contributed by atoms with Crippen LogP contribution in [0.3, 0.4) is 0 Å². The molecule has 0 aliphatic heterocycles. The molecule has 0 saturated carbocycles. The number of ether oxygens (including phenoxy) is 2. The number of nitrogens with zero attached hydrogens (tertiary/aromatic N) is 2. The molecule has 0 aliphatic rings. The minimum absolute atomic E-state index is 0.119. The van der Waals surface area contributed by atoms with Crippen LogP contribution in [0.5, 0.6) is 5.75 Å². The smallest absolute Gasteiger partial charge is 0.269 e. The van der Waals surface area contributed by atoms with Crippen LogP contribution in [0.25, 0.3) is 0 Å². The van der Waals surface area contributed by atoms with Gasteiger partial charge in [0.05, 0.1) is 6.33 Å². The number of methoxy groups -OCH3 is 1. The first-order chi connectivity index (χ1) is 14.4. The summed E-state index contributed by atoms with van der Waals surface area (Å²) in [7, 11) is 1.54. The molecule has 8 heteroatoms. The van der Waals surface area contributed by atoms with Crippen molar-refractivity contribution in [2.24, 2.45) is 5.73 Å². The summed E-state index contributed by atoms with van der Waals surface area (Å²) in [5.41, 5.74) is 8.69. The Balaban J connectivity index is 1.84. The molecule has 0 bridgehead atoms. The van der Waals surface area contributed by atoms with Gasteiger partial charge in [0.25, 0.3) is 11.8 Å². The van der Waals surface area contributed by atoms with Crippen molar-refractivity contribution in [1.82, 2.24) is 9.55 Å². The maximum atomic E-state index is 12.8. The van der Waals surface area contributed by atoms with Crippen molar-refractivity contribution in [2.45, 2.75) is 20.4 Å². The second-order valence-corrected chi connectivity index (χ2v) is 6.86. The molecule has 0 spiro atoms. The largest absolute Gasteiger partial charge is 0.467 e. The molecule has 3 rings (SSSR count). The highest BCUT2D eigenvalue weighted by Crippen LogP contribution is 2.25. The van der Waals surface area contributed by atoms with Crippen LogP contribution in [0.4, 0.5) is 5.82 Å². The molecule has 3 N–H and O–H groups in total. The zero-order valence-corrected chi connectivity index (χ0v) is 17.1.